The Balaban J connectivity index is 2.31. The van der Waals surface area contributed by atoms with Gasteiger partial charge in [0.2, 0.25) is 0 Å². The third kappa shape index (κ3) is 1.58. The molecule has 1 aliphatic heterocycles. The van der Waals surface area contributed by atoms with Crippen LogP contribution in [0, 0.1) is 0 Å². The summed E-state index contributed by atoms with van der Waals surface area (Å²) in [6.45, 7) is 0. The molecule has 2 rings (SSSR count). The van der Waals surface area contributed by atoms with Crippen molar-refractivity contribution in [3.8, 4) is 0 Å². The van der Waals surface area contributed by atoms with Crippen LogP contribution in [0.25, 0.3) is 5.70 Å². The van der Waals surface area contributed by atoms with Crippen molar-refractivity contribution in [2.45, 2.75) is 0 Å². The van der Waals surface area contributed by atoms with Crippen molar-refractivity contribution in [2.75, 3.05) is 0 Å². The molecule has 1 aromatic heterocycles. The number of hydrogen-bond donors (Lipinski definition) is 2. The Labute approximate surface area is 74.6 Å². The molecule has 0 amide bonds. The molecule has 2 heterocycles. The molecule has 0 aromatic carbocycles. The quantitative estimate of drug-likeness (QED) is 0.612. The van der Waals surface area contributed by atoms with E-state index in [1.54, 1.807) is 6.20 Å². The molecule has 5 heteroatoms. The average molecular weight is 176 g/mol. The summed E-state index contributed by atoms with van der Waals surface area (Å²) in [5.41, 5.74) is 1.39. The molecule has 0 saturated carbocycles. The monoisotopic (exact) mass is 176 g/mol. The van der Waals surface area contributed by atoms with E-state index in [1.807, 2.05) is 24.3 Å². The second-order valence-corrected chi connectivity index (χ2v) is 2.49. The molecule has 0 fully saturated rings. The van der Waals surface area contributed by atoms with E-state index in [9.17, 15) is 0 Å². The van der Waals surface area contributed by atoms with Gasteiger partial charge in [-0.25, -0.2) is 0 Å². The molecule has 0 aliphatic carbocycles. The highest BCUT2D eigenvalue weighted by molar-refractivity contribution is 5.63. The van der Waals surface area contributed by atoms with Gasteiger partial charge in [0, 0.05) is 6.20 Å². The summed E-state index contributed by atoms with van der Waals surface area (Å²) < 4.78 is 0. The van der Waals surface area contributed by atoms with Gasteiger partial charge in [0.05, 0.1) is 11.9 Å². The molecular formula is C8H8N4O. The van der Waals surface area contributed by atoms with Gasteiger partial charge in [-0.05, 0) is 17.4 Å². The van der Waals surface area contributed by atoms with Gasteiger partial charge in [0.1, 0.15) is 5.69 Å². The Morgan fingerprint density at radius 3 is 3.00 bits per heavy atom. The van der Waals surface area contributed by atoms with E-state index in [0.29, 0.717) is 10.5 Å². The first-order chi connectivity index (χ1) is 6.36. The lowest BCUT2D eigenvalue weighted by atomic mass is 10.3. The largest absolute Gasteiger partial charge is 0.410 e. The van der Waals surface area contributed by atoms with E-state index < -0.39 is 0 Å². The second kappa shape index (κ2) is 3.14. The lowest BCUT2D eigenvalue weighted by molar-refractivity contribution is 0.143. The Bertz CT molecular complexity index is 389. The van der Waals surface area contributed by atoms with Crippen molar-refractivity contribution >= 4 is 5.70 Å². The molecule has 0 atom stereocenters. The summed E-state index contributed by atoms with van der Waals surface area (Å²) in [4.78, 5) is 0.677. The van der Waals surface area contributed by atoms with E-state index >= 15 is 0 Å². The summed E-state index contributed by atoms with van der Waals surface area (Å²) in [7, 11) is 0. The maximum Gasteiger partial charge on any atom is 0.133 e. The van der Waals surface area contributed by atoms with Crippen LogP contribution in [0.2, 0.25) is 0 Å². The average Bonchev–Trinajstić information content (AvgIpc) is 2.43. The number of nitrogens with zero attached hydrogens (tertiary/aromatic N) is 3. The van der Waals surface area contributed by atoms with E-state index in [-0.39, 0.29) is 0 Å². The van der Waals surface area contributed by atoms with E-state index in [1.165, 1.54) is 6.20 Å². The topological polar surface area (TPSA) is 63.0 Å². The summed E-state index contributed by atoms with van der Waals surface area (Å²) in [5, 5.41) is 19.1. The highest BCUT2D eigenvalue weighted by Gasteiger charge is 2.04. The van der Waals surface area contributed by atoms with Crippen molar-refractivity contribution in [3.05, 3.63) is 42.4 Å². The van der Waals surface area contributed by atoms with Crippen molar-refractivity contribution in [1.82, 2.24) is 20.5 Å². The van der Waals surface area contributed by atoms with E-state index in [0.717, 1.165) is 5.70 Å². The minimum absolute atomic E-state index is 0.596. The summed E-state index contributed by atoms with van der Waals surface area (Å²) in [6, 6.07) is 0. The van der Waals surface area contributed by atoms with Gasteiger partial charge < -0.3 is 10.5 Å². The van der Waals surface area contributed by atoms with E-state index in [4.69, 9.17) is 5.21 Å². The molecule has 0 bridgehead atoms. The summed E-state index contributed by atoms with van der Waals surface area (Å²) in [5.74, 6) is 0. The third-order valence-electron chi connectivity index (χ3n) is 1.58. The minimum atomic E-state index is 0.596. The molecule has 66 valence electrons. The fourth-order valence-electron chi connectivity index (χ4n) is 0.995. The molecule has 0 spiro atoms. The first kappa shape index (κ1) is 7.60. The highest BCUT2D eigenvalue weighted by Crippen LogP contribution is 2.08. The molecule has 0 saturated heterocycles. The zero-order valence-electron chi connectivity index (χ0n) is 6.75. The van der Waals surface area contributed by atoms with Crippen LogP contribution < -0.4 is 5.32 Å². The minimum Gasteiger partial charge on any atom is -0.410 e. The standard InChI is InChI=1S/C8H8N4O/c13-12-6-8(10-11-12)7-4-2-1-3-5-9-7/h1-6,9,13H. The summed E-state index contributed by atoms with van der Waals surface area (Å²) >= 11 is 0. The van der Waals surface area contributed by atoms with Crippen LogP contribution in [0.3, 0.4) is 0 Å². The van der Waals surface area contributed by atoms with Crippen molar-refractivity contribution in [3.63, 3.8) is 0 Å². The van der Waals surface area contributed by atoms with Gasteiger partial charge in [-0.3, -0.25) is 0 Å². The van der Waals surface area contributed by atoms with Crippen LogP contribution in [0.4, 0.5) is 0 Å². The van der Waals surface area contributed by atoms with Gasteiger partial charge in [-0.1, -0.05) is 17.0 Å². The van der Waals surface area contributed by atoms with Gasteiger partial charge >= 0.3 is 0 Å². The predicted molar refractivity (Wildman–Crippen MR) is 46.6 cm³/mol. The van der Waals surface area contributed by atoms with Crippen molar-refractivity contribution in [1.29, 1.82) is 0 Å². The maximum atomic E-state index is 8.91. The van der Waals surface area contributed by atoms with E-state index in [2.05, 4.69) is 15.6 Å². The molecule has 2 N–H and O–H groups in total. The normalized spacial score (nSPS) is 14.9. The van der Waals surface area contributed by atoms with Gasteiger partial charge in [-0.2, -0.15) is 0 Å². The smallest absolute Gasteiger partial charge is 0.133 e. The molecule has 0 radical (unpaired) electrons. The van der Waals surface area contributed by atoms with Crippen LogP contribution in [0.5, 0.6) is 0 Å². The Kier molecular flexibility index (Phi) is 1.84. The van der Waals surface area contributed by atoms with Crippen molar-refractivity contribution in [2.24, 2.45) is 0 Å². The molecule has 0 unspecified atom stereocenters. The zero-order valence-corrected chi connectivity index (χ0v) is 6.75. The van der Waals surface area contributed by atoms with Gasteiger partial charge in [0.15, 0.2) is 0 Å². The van der Waals surface area contributed by atoms with Crippen LogP contribution in [-0.2, 0) is 0 Å². The molecule has 5 nitrogen and oxygen atoms in total. The lowest BCUT2D eigenvalue weighted by Crippen LogP contribution is -2.02. The fourth-order valence-corrected chi connectivity index (χ4v) is 0.995. The lowest BCUT2D eigenvalue weighted by Gasteiger charge is -1.99. The number of nitrogens with one attached hydrogen (secondary N) is 1. The molecule has 1 aliphatic rings. The Hall–Kier alpha value is -2.04. The number of hydrogen-bond acceptors (Lipinski definition) is 4. The predicted octanol–water partition coefficient (Wildman–Crippen LogP) is 0.529. The van der Waals surface area contributed by atoms with Crippen LogP contribution in [-0.4, -0.2) is 20.4 Å². The molecular weight excluding hydrogens is 168 g/mol. The molecule has 13 heavy (non-hydrogen) atoms. The number of rotatable bonds is 1. The van der Waals surface area contributed by atoms with Crippen LogP contribution in [0.1, 0.15) is 5.69 Å². The number of aromatic nitrogens is 3. The zero-order chi connectivity index (χ0) is 9.10. The third-order valence-corrected chi connectivity index (χ3v) is 1.58. The summed E-state index contributed by atoms with van der Waals surface area (Å²) in [6.07, 6.45) is 10.7. The fraction of sp³-hybridized carbons (Fsp3) is 0. The van der Waals surface area contributed by atoms with Crippen LogP contribution in [0.15, 0.2) is 36.7 Å². The molecule has 1 aromatic rings. The second-order valence-electron chi connectivity index (χ2n) is 2.49. The van der Waals surface area contributed by atoms with Gasteiger partial charge in [0.25, 0.3) is 0 Å². The van der Waals surface area contributed by atoms with Crippen LogP contribution >= 0.6 is 0 Å². The highest BCUT2D eigenvalue weighted by atomic mass is 16.5. The maximum absolute atomic E-state index is 8.91. The first-order valence-electron chi connectivity index (χ1n) is 3.78. The van der Waals surface area contributed by atoms with Gasteiger partial charge in [-0.15, -0.1) is 5.10 Å². The number of allylic oxidation sites excluding steroid dienone is 4. The SMILES string of the molecule is On1cc(C2=CC=CC=CN2)nn1. The Morgan fingerprint density at radius 1 is 1.31 bits per heavy atom. The van der Waals surface area contributed by atoms with Crippen molar-refractivity contribution < 1.29 is 5.21 Å². The first-order valence-corrected chi connectivity index (χ1v) is 3.78. The Morgan fingerprint density at radius 2 is 2.23 bits per heavy atom.